The van der Waals surface area contributed by atoms with E-state index in [0.717, 1.165) is 19.4 Å². The second kappa shape index (κ2) is 5.43. The molecule has 1 N–H and O–H groups in total. The third kappa shape index (κ3) is 2.82. The molecule has 1 aromatic rings. The van der Waals surface area contributed by atoms with E-state index in [2.05, 4.69) is 43.3 Å². The first kappa shape index (κ1) is 13.2. The van der Waals surface area contributed by atoms with Crippen LogP contribution in [-0.2, 0) is 7.05 Å². The fourth-order valence-corrected chi connectivity index (χ4v) is 1.83. The number of hydrogen-bond acceptors (Lipinski definition) is 3. The molecule has 1 atom stereocenters. The highest BCUT2D eigenvalue weighted by Crippen LogP contribution is 2.35. The van der Waals surface area contributed by atoms with Gasteiger partial charge in [0.05, 0.1) is 17.9 Å². The smallest absolute Gasteiger partial charge is 0.0758 e. The molecular weight excluding hydrogens is 200 g/mol. The number of nitrogens with zero attached hydrogens (tertiary/aromatic N) is 3. The molecule has 1 unspecified atom stereocenters. The van der Waals surface area contributed by atoms with Crippen molar-refractivity contribution in [2.45, 2.75) is 46.6 Å². The topological polar surface area (TPSA) is 42.7 Å². The molecule has 1 rings (SSSR count). The molecule has 16 heavy (non-hydrogen) atoms. The van der Waals surface area contributed by atoms with Crippen LogP contribution in [-0.4, -0.2) is 21.5 Å². The Labute approximate surface area is 98.4 Å². The molecule has 1 heterocycles. The van der Waals surface area contributed by atoms with E-state index in [1.165, 1.54) is 5.69 Å². The molecule has 0 radical (unpaired) electrons. The Morgan fingerprint density at radius 3 is 2.56 bits per heavy atom. The zero-order chi connectivity index (χ0) is 12.2. The zero-order valence-electron chi connectivity index (χ0n) is 11.1. The fraction of sp³-hybridized carbons (Fsp3) is 0.833. The molecule has 0 aromatic carbocycles. The van der Waals surface area contributed by atoms with Crippen LogP contribution in [0.1, 0.15) is 52.3 Å². The van der Waals surface area contributed by atoms with Gasteiger partial charge in [0, 0.05) is 7.05 Å². The largest absolute Gasteiger partial charge is 0.308 e. The standard InChI is InChI=1S/C12H24N4/c1-6-8-13-11(12(3,4)7-2)10-9-14-15-16(10)5/h9,11,13H,6-8H2,1-5H3. The highest BCUT2D eigenvalue weighted by atomic mass is 15.4. The van der Waals surface area contributed by atoms with Gasteiger partial charge < -0.3 is 5.32 Å². The third-order valence-electron chi connectivity index (χ3n) is 3.34. The summed E-state index contributed by atoms with van der Waals surface area (Å²) in [4.78, 5) is 0. The second-order valence-corrected chi connectivity index (χ2v) is 5.01. The predicted molar refractivity (Wildman–Crippen MR) is 66.1 cm³/mol. The highest BCUT2D eigenvalue weighted by Gasteiger charge is 2.30. The first-order valence-electron chi connectivity index (χ1n) is 6.11. The lowest BCUT2D eigenvalue weighted by molar-refractivity contribution is 0.225. The number of aryl methyl sites for hydroxylation is 1. The minimum atomic E-state index is 0.213. The van der Waals surface area contributed by atoms with Crippen LogP contribution in [0.15, 0.2) is 6.20 Å². The van der Waals surface area contributed by atoms with Crippen molar-refractivity contribution < 1.29 is 0 Å². The summed E-state index contributed by atoms with van der Waals surface area (Å²) in [7, 11) is 1.95. The zero-order valence-corrected chi connectivity index (χ0v) is 11.1. The van der Waals surface area contributed by atoms with Gasteiger partial charge in [-0.2, -0.15) is 0 Å². The molecule has 0 aliphatic heterocycles. The van der Waals surface area contributed by atoms with Gasteiger partial charge in [-0.3, -0.25) is 4.68 Å². The third-order valence-corrected chi connectivity index (χ3v) is 3.34. The number of aromatic nitrogens is 3. The first-order chi connectivity index (χ1) is 7.53. The predicted octanol–water partition coefficient (Wildman–Crippen LogP) is 2.29. The second-order valence-electron chi connectivity index (χ2n) is 5.01. The fourth-order valence-electron chi connectivity index (χ4n) is 1.83. The lowest BCUT2D eigenvalue weighted by Crippen LogP contribution is -2.35. The van der Waals surface area contributed by atoms with Crippen molar-refractivity contribution in [1.29, 1.82) is 0 Å². The summed E-state index contributed by atoms with van der Waals surface area (Å²) in [6.07, 6.45) is 4.13. The van der Waals surface area contributed by atoms with E-state index >= 15 is 0 Å². The normalized spacial score (nSPS) is 14.1. The Kier molecular flexibility index (Phi) is 4.47. The van der Waals surface area contributed by atoms with Gasteiger partial charge in [-0.25, -0.2) is 0 Å². The number of hydrogen-bond donors (Lipinski definition) is 1. The van der Waals surface area contributed by atoms with E-state index < -0.39 is 0 Å². The number of rotatable bonds is 6. The average Bonchev–Trinajstić information content (AvgIpc) is 2.65. The van der Waals surface area contributed by atoms with Crippen LogP contribution in [0.3, 0.4) is 0 Å². The Bertz CT molecular complexity index is 317. The van der Waals surface area contributed by atoms with Crippen molar-refractivity contribution in [1.82, 2.24) is 20.3 Å². The summed E-state index contributed by atoms with van der Waals surface area (Å²) in [5.41, 5.74) is 1.38. The van der Waals surface area contributed by atoms with Crippen LogP contribution in [0.25, 0.3) is 0 Å². The Morgan fingerprint density at radius 1 is 1.44 bits per heavy atom. The van der Waals surface area contributed by atoms with Crippen LogP contribution in [0.5, 0.6) is 0 Å². The maximum absolute atomic E-state index is 4.02. The molecule has 1 aromatic heterocycles. The Morgan fingerprint density at radius 2 is 2.12 bits per heavy atom. The molecule has 0 bridgehead atoms. The quantitative estimate of drug-likeness (QED) is 0.806. The molecule has 0 spiro atoms. The monoisotopic (exact) mass is 224 g/mol. The molecule has 0 saturated carbocycles. The van der Waals surface area contributed by atoms with E-state index in [-0.39, 0.29) is 5.41 Å². The molecule has 0 saturated heterocycles. The lowest BCUT2D eigenvalue weighted by Gasteiger charge is -2.34. The summed E-state index contributed by atoms with van der Waals surface area (Å²) in [6.45, 7) is 10.0. The van der Waals surface area contributed by atoms with Crippen molar-refractivity contribution >= 4 is 0 Å². The van der Waals surface area contributed by atoms with Gasteiger partial charge in [-0.05, 0) is 24.8 Å². The maximum atomic E-state index is 4.02. The first-order valence-corrected chi connectivity index (χ1v) is 6.11. The van der Waals surface area contributed by atoms with Gasteiger partial charge in [-0.1, -0.05) is 32.9 Å². The molecular formula is C12H24N4. The molecule has 0 aliphatic carbocycles. The van der Waals surface area contributed by atoms with Gasteiger partial charge in [0.25, 0.3) is 0 Å². The molecule has 92 valence electrons. The van der Waals surface area contributed by atoms with Crippen LogP contribution in [0, 0.1) is 5.41 Å². The van der Waals surface area contributed by atoms with E-state index in [0.29, 0.717) is 6.04 Å². The van der Waals surface area contributed by atoms with Gasteiger partial charge in [-0.15, -0.1) is 5.10 Å². The van der Waals surface area contributed by atoms with Gasteiger partial charge in [0.1, 0.15) is 0 Å². The molecule has 0 aliphatic rings. The summed E-state index contributed by atoms with van der Waals surface area (Å²) < 4.78 is 1.87. The summed E-state index contributed by atoms with van der Waals surface area (Å²) in [5.74, 6) is 0. The van der Waals surface area contributed by atoms with E-state index in [4.69, 9.17) is 0 Å². The van der Waals surface area contributed by atoms with E-state index in [1.54, 1.807) is 0 Å². The minimum absolute atomic E-state index is 0.213. The summed E-state index contributed by atoms with van der Waals surface area (Å²) >= 11 is 0. The van der Waals surface area contributed by atoms with Gasteiger partial charge in [0.2, 0.25) is 0 Å². The van der Waals surface area contributed by atoms with E-state index in [1.807, 2.05) is 17.9 Å². The van der Waals surface area contributed by atoms with Crippen molar-refractivity contribution in [3.63, 3.8) is 0 Å². The van der Waals surface area contributed by atoms with Gasteiger partial charge in [0.15, 0.2) is 0 Å². The van der Waals surface area contributed by atoms with Crippen LogP contribution >= 0.6 is 0 Å². The van der Waals surface area contributed by atoms with Crippen LogP contribution in [0.2, 0.25) is 0 Å². The minimum Gasteiger partial charge on any atom is -0.308 e. The molecule has 4 nitrogen and oxygen atoms in total. The Balaban J connectivity index is 2.92. The van der Waals surface area contributed by atoms with Crippen molar-refractivity contribution in [2.75, 3.05) is 6.54 Å². The van der Waals surface area contributed by atoms with Crippen molar-refractivity contribution in [2.24, 2.45) is 12.5 Å². The Hall–Kier alpha value is -0.900. The maximum Gasteiger partial charge on any atom is 0.0758 e. The van der Waals surface area contributed by atoms with Crippen molar-refractivity contribution in [3.05, 3.63) is 11.9 Å². The highest BCUT2D eigenvalue weighted by molar-refractivity contribution is 5.06. The molecule has 0 fully saturated rings. The van der Waals surface area contributed by atoms with Crippen LogP contribution in [0.4, 0.5) is 0 Å². The SMILES string of the molecule is CCCNC(c1cnnn1C)C(C)(C)CC. The van der Waals surface area contributed by atoms with Gasteiger partial charge >= 0.3 is 0 Å². The van der Waals surface area contributed by atoms with Crippen LogP contribution < -0.4 is 5.32 Å². The molecule has 4 heteroatoms. The van der Waals surface area contributed by atoms with E-state index in [9.17, 15) is 0 Å². The number of nitrogens with one attached hydrogen (secondary N) is 1. The summed E-state index contributed by atoms with van der Waals surface area (Å²) in [5, 5.41) is 11.6. The lowest BCUT2D eigenvalue weighted by atomic mass is 9.80. The molecule has 0 amide bonds. The van der Waals surface area contributed by atoms with Crippen molar-refractivity contribution in [3.8, 4) is 0 Å². The summed E-state index contributed by atoms with van der Waals surface area (Å²) in [6, 6.07) is 0.317. The average molecular weight is 224 g/mol.